The number of anilines is 1. The number of carbonyl (C=O) groups excluding carboxylic acids is 1. The molecular formula is C13H16F2N2O. The molecule has 0 aromatic heterocycles. The van der Waals surface area contributed by atoms with Gasteiger partial charge in [-0.1, -0.05) is 6.92 Å². The maximum atomic E-state index is 13.6. The van der Waals surface area contributed by atoms with E-state index in [-0.39, 0.29) is 17.3 Å². The quantitative estimate of drug-likeness (QED) is 0.871. The van der Waals surface area contributed by atoms with Crippen molar-refractivity contribution in [1.82, 2.24) is 0 Å². The lowest BCUT2D eigenvalue weighted by Crippen LogP contribution is -2.19. The third-order valence-corrected chi connectivity index (χ3v) is 3.38. The molecular weight excluding hydrogens is 238 g/mol. The van der Waals surface area contributed by atoms with E-state index in [2.05, 4.69) is 12.2 Å². The lowest BCUT2D eigenvalue weighted by atomic mass is 10.1. The van der Waals surface area contributed by atoms with Crippen LogP contribution >= 0.6 is 0 Å². The van der Waals surface area contributed by atoms with Gasteiger partial charge in [0.15, 0.2) is 0 Å². The van der Waals surface area contributed by atoms with Gasteiger partial charge in [-0.25, -0.2) is 8.78 Å². The van der Waals surface area contributed by atoms with Crippen LogP contribution in [-0.2, 0) is 0 Å². The highest BCUT2D eigenvalue weighted by molar-refractivity contribution is 5.94. The second-order valence-electron chi connectivity index (χ2n) is 4.94. The van der Waals surface area contributed by atoms with E-state index in [1.165, 1.54) is 0 Å². The van der Waals surface area contributed by atoms with Gasteiger partial charge in [-0.15, -0.1) is 0 Å². The van der Waals surface area contributed by atoms with Crippen LogP contribution in [0, 0.1) is 17.6 Å². The number of rotatable bonds is 3. The van der Waals surface area contributed by atoms with E-state index in [0.29, 0.717) is 12.0 Å². The van der Waals surface area contributed by atoms with Crippen LogP contribution in [0.1, 0.15) is 36.5 Å². The Morgan fingerprint density at radius 2 is 2.06 bits per heavy atom. The molecule has 0 saturated heterocycles. The summed E-state index contributed by atoms with van der Waals surface area (Å²) < 4.78 is 26.9. The van der Waals surface area contributed by atoms with E-state index < -0.39 is 17.5 Å². The van der Waals surface area contributed by atoms with Crippen LogP contribution in [0.2, 0.25) is 0 Å². The summed E-state index contributed by atoms with van der Waals surface area (Å²) in [6, 6.07) is 2.01. The highest BCUT2D eigenvalue weighted by atomic mass is 19.1. The van der Waals surface area contributed by atoms with Gasteiger partial charge in [-0.05, 0) is 31.2 Å². The van der Waals surface area contributed by atoms with Crippen LogP contribution in [-0.4, -0.2) is 11.9 Å². The summed E-state index contributed by atoms with van der Waals surface area (Å²) >= 11 is 0. The smallest absolute Gasteiger partial charge is 0.251 e. The van der Waals surface area contributed by atoms with Gasteiger partial charge in [0.1, 0.15) is 11.6 Å². The average molecular weight is 254 g/mol. The molecule has 1 saturated carbocycles. The largest absolute Gasteiger partial charge is 0.380 e. The molecule has 98 valence electrons. The fourth-order valence-corrected chi connectivity index (χ4v) is 2.41. The van der Waals surface area contributed by atoms with Crippen molar-refractivity contribution in [3.05, 3.63) is 29.3 Å². The Labute approximate surface area is 104 Å². The third-order valence-electron chi connectivity index (χ3n) is 3.38. The molecule has 3 nitrogen and oxygen atoms in total. The molecule has 0 spiro atoms. The van der Waals surface area contributed by atoms with Crippen molar-refractivity contribution >= 4 is 11.6 Å². The molecule has 2 unspecified atom stereocenters. The van der Waals surface area contributed by atoms with Crippen LogP contribution in [0.25, 0.3) is 0 Å². The molecule has 0 aliphatic heterocycles. The Balaban J connectivity index is 2.22. The molecule has 1 aromatic carbocycles. The molecule has 1 aromatic rings. The summed E-state index contributed by atoms with van der Waals surface area (Å²) in [5.41, 5.74) is 4.89. The number of amides is 1. The monoisotopic (exact) mass is 254 g/mol. The van der Waals surface area contributed by atoms with Crippen molar-refractivity contribution in [2.24, 2.45) is 11.7 Å². The lowest BCUT2D eigenvalue weighted by molar-refractivity contribution is 0.0996. The van der Waals surface area contributed by atoms with Crippen LogP contribution < -0.4 is 11.1 Å². The number of nitrogens with two attached hydrogens (primary N) is 1. The molecule has 1 aliphatic rings. The van der Waals surface area contributed by atoms with E-state index in [4.69, 9.17) is 5.73 Å². The Hall–Kier alpha value is -1.65. The average Bonchev–Trinajstić information content (AvgIpc) is 2.67. The van der Waals surface area contributed by atoms with Gasteiger partial charge in [0, 0.05) is 12.1 Å². The predicted molar refractivity (Wildman–Crippen MR) is 65.3 cm³/mol. The molecule has 18 heavy (non-hydrogen) atoms. The Morgan fingerprint density at radius 1 is 1.33 bits per heavy atom. The summed E-state index contributed by atoms with van der Waals surface area (Å²) in [6.45, 7) is 2.14. The first-order chi connectivity index (χ1) is 8.47. The fraction of sp³-hybridized carbons (Fsp3) is 0.462. The minimum Gasteiger partial charge on any atom is -0.380 e. The molecule has 2 rings (SSSR count). The number of hydrogen-bond donors (Lipinski definition) is 2. The summed E-state index contributed by atoms with van der Waals surface area (Å²) in [6.07, 6.45) is 2.98. The minimum atomic E-state index is -0.926. The summed E-state index contributed by atoms with van der Waals surface area (Å²) in [7, 11) is 0. The van der Waals surface area contributed by atoms with Gasteiger partial charge < -0.3 is 11.1 Å². The highest BCUT2D eigenvalue weighted by Crippen LogP contribution is 2.29. The van der Waals surface area contributed by atoms with Gasteiger partial charge in [0.25, 0.3) is 5.91 Å². The van der Waals surface area contributed by atoms with Crippen molar-refractivity contribution in [1.29, 1.82) is 0 Å². The van der Waals surface area contributed by atoms with Crippen LogP contribution in [0.3, 0.4) is 0 Å². The van der Waals surface area contributed by atoms with E-state index in [0.717, 1.165) is 25.3 Å². The maximum Gasteiger partial charge on any atom is 0.251 e. The number of hydrogen-bond acceptors (Lipinski definition) is 2. The van der Waals surface area contributed by atoms with Crippen molar-refractivity contribution in [3.63, 3.8) is 0 Å². The third kappa shape index (κ3) is 2.60. The van der Waals surface area contributed by atoms with Gasteiger partial charge in [-0.2, -0.15) is 0 Å². The maximum absolute atomic E-state index is 13.6. The first-order valence-corrected chi connectivity index (χ1v) is 6.02. The van der Waals surface area contributed by atoms with E-state index in [1.807, 2.05) is 0 Å². The second kappa shape index (κ2) is 4.92. The zero-order chi connectivity index (χ0) is 13.3. The van der Waals surface area contributed by atoms with Crippen molar-refractivity contribution in [3.8, 4) is 0 Å². The van der Waals surface area contributed by atoms with Crippen LogP contribution in [0.5, 0.6) is 0 Å². The molecule has 1 amide bonds. The van der Waals surface area contributed by atoms with Crippen LogP contribution in [0.15, 0.2) is 12.1 Å². The standard InChI is InChI=1S/C13H16F2N2O/c1-7-2-3-8(4-7)17-12-5-9(13(16)18)10(14)6-11(12)15/h5-8,17H,2-4H2,1H3,(H2,16,18). The normalized spacial score (nSPS) is 23.1. The van der Waals surface area contributed by atoms with Crippen molar-refractivity contribution in [2.45, 2.75) is 32.2 Å². The fourth-order valence-electron chi connectivity index (χ4n) is 2.41. The minimum absolute atomic E-state index is 0.143. The molecule has 1 aliphatic carbocycles. The molecule has 0 heterocycles. The zero-order valence-electron chi connectivity index (χ0n) is 10.2. The Kier molecular flexibility index (Phi) is 3.50. The number of primary amides is 1. The number of halogens is 2. The Bertz CT molecular complexity index is 476. The van der Waals surface area contributed by atoms with Crippen molar-refractivity contribution < 1.29 is 13.6 Å². The number of carbonyl (C=O) groups is 1. The number of benzene rings is 1. The topological polar surface area (TPSA) is 55.1 Å². The molecule has 3 N–H and O–H groups in total. The van der Waals surface area contributed by atoms with Crippen molar-refractivity contribution in [2.75, 3.05) is 5.32 Å². The highest BCUT2D eigenvalue weighted by Gasteiger charge is 2.23. The predicted octanol–water partition coefficient (Wildman–Crippen LogP) is 2.66. The van der Waals surface area contributed by atoms with Gasteiger partial charge in [-0.3, -0.25) is 4.79 Å². The first kappa shape index (κ1) is 12.8. The lowest BCUT2D eigenvalue weighted by Gasteiger charge is -2.15. The molecule has 2 atom stereocenters. The summed E-state index contributed by atoms with van der Waals surface area (Å²) in [4.78, 5) is 11.0. The van der Waals surface area contributed by atoms with E-state index >= 15 is 0 Å². The van der Waals surface area contributed by atoms with E-state index in [1.54, 1.807) is 0 Å². The molecule has 5 heteroatoms. The second-order valence-corrected chi connectivity index (χ2v) is 4.94. The zero-order valence-corrected chi connectivity index (χ0v) is 10.2. The van der Waals surface area contributed by atoms with Gasteiger partial charge in [0.05, 0.1) is 11.3 Å². The number of nitrogens with one attached hydrogen (secondary N) is 1. The first-order valence-electron chi connectivity index (χ1n) is 6.02. The van der Waals surface area contributed by atoms with Gasteiger partial charge >= 0.3 is 0 Å². The Morgan fingerprint density at radius 3 is 2.61 bits per heavy atom. The molecule has 1 fully saturated rings. The molecule has 0 bridgehead atoms. The van der Waals surface area contributed by atoms with Gasteiger partial charge in [0.2, 0.25) is 0 Å². The van der Waals surface area contributed by atoms with E-state index in [9.17, 15) is 13.6 Å². The molecule has 0 radical (unpaired) electrons. The SMILES string of the molecule is CC1CCC(Nc2cc(C(N)=O)c(F)cc2F)C1. The van der Waals surface area contributed by atoms with Crippen LogP contribution in [0.4, 0.5) is 14.5 Å². The summed E-state index contributed by atoms with van der Waals surface area (Å²) in [5.74, 6) is -1.92. The summed E-state index contributed by atoms with van der Waals surface area (Å²) in [5, 5.41) is 3.01.